The van der Waals surface area contributed by atoms with Crippen LogP contribution in [0.15, 0.2) is 18.2 Å². The number of halogens is 1. The van der Waals surface area contributed by atoms with Crippen LogP contribution in [0.2, 0.25) is 0 Å². The van der Waals surface area contributed by atoms with Crippen molar-refractivity contribution >= 4 is 29.9 Å². The van der Waals surface area contributed by atoms with Crippen LogP contribution in [0.3, 0.4) is 0 Å². The summed E-state index contributed by atoms with van der Waals surface area (Å²) in [6.45, 7) is 8.35. The fourth-order valence-corrected chi connectivity index (χ4v) is 3.91. The van der Waals surface area contributed by atoms with E-state index >= 15 is 0 Å². The first-order valence-corrected chi connectivity index (χ1v) is 9.78. The van der Waals surface area contributed by atoms with Crippen LogP contribution >= 0.6 is 12.4 Å². The Labute approximate surface area is 168 Å². The van der Waals surface area contributed by atoms with Crippen LogP contribution in [0, 0.1) is 31.1 Å². The Balaban J connectivity index is 0.00000261. The lowest BCUT2D eigenvalue weighted by Gasteiger charge is -2.33. The van der Waals surface area contributed by atoms with E-state index in [1.165, 1.54) is 11.1 Å². The maximum atomic E-state index is 13.0. The van der Waals surface area contributed by atoms with Crippen molar-refractivity contribution < 1.29 is 9.59 Å². The molecule has 1 saturated heterocycles. The lowest BCUT2D eigenvalue weighted by Crippen LogP contribution is -2.51. The van der Waals surface area contributed by atoms with Crippen molar-refractivity contribution in [2.24, 2.45) is 17.3 Å². The molecule has 5 nitrogen and oxygen atoms in total. The standard InChI is InChI=1S/C21H31N3O2.ClH/c1-14-6-7-18(10-15(14)2)24-20(26)21(8-4-5-9-21)13-23-19(25)16(3)17-11-22-12-17;/h6-7,10,16-17,22H,4-5,8-9,11-13H2,1-3H3,(H,23,25)(H,24,26);1H. The highest BCUT2D eigenvalue weighted by atomic mass is 35.5. The van der Waals surface area contributed by atoms with Gasteiger partial charge in [-0.05, 0) is 69.0 Å². The van der Waals surface area contributed by atoms with Crippen LogP contribution in [-0.4, -0.2) is 31.4 Å². The van der Waals surface area contributed by atoms with Gasteiger partial charge in [-0.15, -0.1) is 12.4 Å². The minimum absolute atomic E-state index is 0. The molecule has 2 amide bonds. The molecule has 1 unspecified atom stereocenters. The summed E-state index contributed by atoms with van der Waals surface area (Å²) < 4.78 is 0. The molecule has 3 rings (SSSR count). The van der Waals surface area contributed by atoms with Gasteiger partial charge in [-0.3, -0.25) is 9.59 Å². The Kier molecular flexibility index (Phi) is 7.29. The molecule has 1 saturated carbocycles. The number of hydrogen-bond donors (Lipinski definition) is 3. The maximum Gasteiger partial charge on any atom is 0.232 e. The summed E-state index contributed by atoms with van der Waals surface area (Å²) in [5.74, 6) is 0.523. The number of anilines is 1. The van der Waals surface area contributed by atoms with Crippen molar-refractivity contribution in [2.75, 3.05) is 25.0 Å². The molecule has 27 heavy (non-hydrogen) atoms. The summed E-state index contributed by atoms with van der Waals surface area (Å²) in [5.41, 5.74) is 2.74. The molecule has 2 aliphatic rings. The van der Waals surface area contributed by atoms with Gasteiger partial charge in [0.1, 0.15) is 0 Å². The molecule has 0 aromatic heterocycles. The van der Waals surface area contributed by atoms with E-state index in [4.69, 9.17) is 0 Å². The van der Waals surface area contributed by atoms with Gasteiger partial charge in [0.05, 0.1) is 5.41 Å². The van der Waals surface area contributed by atoms with Gasteiger partial charge >= 0.3 is 0 Å². The number of hydrogen-bond acceptors (Lipinski definition) is 3. The molecule has 0 radical (unpaired) electrons. The average molecular weight is 394 g/mol. The van der Waals surface area contributed by atoms with Gasteiger partial charge < -0.3 is 16.0 Å². The second-order valence-electron chi connectivity index (χ2n) is 8.17. The Hall–Kier alpha value is -1.59. The Morgan fingerprint density at radius 1 is 1.19 bits per heavy atom. The first-order chi connectivity index (χ1) is 12.4. The van der Waals surface area contributed by atoms with E-state index < -0.39 is 5.41 Å². The highest BCUT2D eigenvalue weighted by Crippen LogP contribution is 2.39. The van der Waals surface area contributed by atoms with Crippen molar-refractivity contribution in [1.82, 2.24) is 10.6 Å². The number of nitrogens with one attached hydrogen (secondary N) is 3. The molecule has 1 heterocycles. The molecule has 2 fully saturated rings. The molecule has 6 heteroatoms. The van der Waals surface area contributed by atoms with E-state index in [1.54, 1.807) is 0 Å². The number of carbonyl (C=O) groups is 2. The molecular formula is C21H32ClN3O2. The van der Waals surface area contributed by atoms with Crippen LogP contribution in [-0.2, 0) is 9.59 Å². The SMILES string of the molecule is Cc1ccc(NC(=O)C2(CNC(=O)C(C)C3CNC3)CCCC2)cc1C.Cl. The summed E-state index contributed by atoms with van der Waals surface area (Å²) in [6, 6.07) is 6.00. The van der Waals surface area contributed by atoms with Crippen LogP contribution in [0.4, 0.5) is 5.69 Å². The minimum atomic E-state index is -0.480. The van der Waals surface area contributed by atoms with Crippen LogP contribution < -0.4 is 16.0 Å². The van der Waals surface area contributed by atoms with Gasteiger partial charge in [-0.25, -0.2) is 0 Å². The third-order valence-electron chi connectivity index (χ3n) is 6.34. The summed E-state index contributed by atoms with van der Waals surface area (Å²) in [7, 11) is 0. The predicted octanol–water partition coefficient (Wildman–Crippen LogP) is 3.20. The smallest absolute Gasteiger partial charge is 0.232 e. The second-order valence-corrected chi connectivity index (χ2v) is 8.17. The van der Waals surface area contributed by atoms with Crippen LogP contribution in [0.1, 0.15) is 43.7 Å². The molecule has 1 aromatic rings. The molecule has 150 valence electrons. The molecule has 1 aliphatic heterocycles. The second kappa shape index (κ2) is 9.07. The van der Waals surface area contributed by atoms with E-state index in [0.717, 1.165) is 44.5 Å². The van der Waals surface area contributed by atoms with Gasteiger partial charge in [0.25, 0.3) is 0 Å². The van der Waals surface area contributed by atoms with Gasteiger partial charge in [-0.1, -0.05) is 25.8 Å². The summed E-state index contributed by atoms with van der Waals surface area (Å²) in [6.07, 6.45) is 3.75. The Bertz CT molecular complexity index is 682. The third-order valence-corrected chi connectivity index (χ3v) is 6.34. The first kappa shape index (κ1) is 21.7. The summed E-state index contributed by atoms with van der Waals surface area (Å²) in [5, 5.41) is 9.38. The first-order valence-electron chi connectivity index (χ1n) is 9.78. The van der Waals surface area contributed by atoms with E-state index in [1.807, 2.05) is 32.0 Å². The number of amides is 2. The Morgan fingerprint density at radius 3 is 2.41 bits per heavy atom. The van der Waals surface area contributed by atoms with E-state index in [2.05, 4.69) is 22.9 Å². The molecular weight excluding hydrogens is 362 g/mol. The zero-order valence-electron chi connectivity index (χ0n) is 16.6. The normalized spacial score (nSPS) is 19.5. The monoisotopic (exact) mass is 393 g/mol. The number of benzene rings is 1. The fourth-order valence-electron chi connectivity index (χ4n) is 3.91. The van der Waals surface area contributed by atoms with Gasteiger partial charge in [0, 0.05) is 18.2 Å². The zero-order chi connectivity index (χ0) is 18.7. The van der Waals surface area contributed by atoms with Gasteiger partial charge in [0.2, 0.25) is 11.8 Å². The number of carbonyl (C=O) groups excluding carboxylic acids is 2. The van der Waals surface area contributed by atoms with Crippen molar-refractivity contribution in [2.45, 2.75) is 46.5 Å². The summed E-state index contributed by atoms with van der Waals surface area (Å²) in [4.78, 5) is 25.5. The topological polar surface area (TPSA) is 70.2 Å². The molecule has 0 bridgehead atoms. The molecule has 0 spiro atoms. The van der Waals surface area contributed by atoms with Crippen molar-refractivity contribution in [3.05, 3.63) is 29.3 Å². The molecule has 1 atom stereocenters. The highest BCUT2D eigenvalue weighted by Gasteiger charge is 2.42. The van der Waals surface area contributed by atoms with Crippen molar-refractivity contribution in [1.29, 1.82) is 0 Å². The summed E-state index contributed by atoms with van der Waals surface area (Å²) >= 11 is 0. The van der Waals surface area contributed by atoms with Gasteiger partial charge in [0.15, 0.2) is 0 Å². The number of aryl methyl sites for hydroxylation is 2. The number of rotatable bonds is 6. The lowest BCUT2D eigenvalue weighted by atomic mass is 9.83. The van der Waals surface area contributed by atoms with E-state index in [-0.39, 0.29) is 30.1 Å². The zero-order valence-corrected chi connectivity index (χ0v) is 17.4. The average Bonchev–Trinajstić information content (AvgIpc) is 3.04. The molecule has 1 aromatic carbocycles. The molecule has 3 N–H and O–H groups in total. The third kappa shape index (κ3) is 4.82. The molecule has 1 aliphatic carbocycles. The van der Waals surface area contributed by atoms with Crippen LogP contribution in [0.5, 0.6) is 0 Å². The largest absolute Gasteiger partial charge is 0.355 e. The highest BCUT2D eigenvalue weighted by molar-refractivity contribution is 5.96. The Morgan fingerprint density at radius 2 is 1.85 bits per heavy atom. The van der Waals surface area contributed by atoms with Crippen molar-refractivity contribution in [3.63, 3.8) is 0 Å². The van der Waals surface area contributed by atoms with Gasteiger partial charge in [-0.2, -0.15) is 0 Å². The van der Waals surface area contributed by atoms with Crippen LogP contribution in [0.25, 0.3) is 0 Å². The predicted molar refractivity (Wildman–Crippen MR) is 111 cm³/mol. The maximum absolute atomic E-state index is 13.0. The lowest BCUT2D eigenvalue weighted by molar-refractivity contribution is -0.129. The minimum Gasteiger partial charge on any atom is -0.355 e. The fraction of sp³-hybridized carbons (Fsp3) is 0.619. The quantitative estimate of drug-likeness (QED) is 0.695. The van der Waals surface area contributed by atoms with E-state index in [0.29, 0.717) is 12.5 Å². The van der Waals surface area contributed by atoms with Crippen molar-refractivity contribution in [3.8, 4) is 0 Å². The van der Waals surface area contributed by atoms with E-state index in [9.17, 15) is 9.59 Å².